The van der Waals surface area contributed by atoms with E-state index < -0.39 is 0 Å². The number of hydrogen-bond donors (Lipinski definition) is 3. The van der Waals surface area contributed by atoms with Crippen LogP contribution in [0.4, 0.5) is 0 Å². The molecule has 0 unspecified atom stereocenters. The number of nitrogens with zero attached hydrogens (tertiary/aromatic N) is 2. The molecule has 0 spiro atoms. The van der Waals surface area contributed by atoms with E-state index in [0.717, 1.165) is 67.1 Å². The number of rotatable bonds is 7. The normalized spacial score (nSPS) is 17.6. The highest BCUT2D eigenvalue weighted by atomic mass is 16.5. The Morgan fingerprint density at radius 3 is 2.09 bits per heavy atom. The largest absolute Gasteiger partial charge is 0.476 e. The molecule has 2 aliphatic rings. The van der Waals surface area contributed by atoms with Crippen LogP contribution in [0.15, 0.2) is 54.7 Å². The molecule has 0 radical (unpaired) electrons. The second-order valence-corrected chi connectivity index (χ2v) is 9.46. The molecule has 2 fully saturated rings. The average molecular weight is 458 g/mol. The lowest BCUT2D eigenvalue weighted by atomic mass is 9.89. The Labute approximate surface area is 202 Å². The topological polar surface area (TPSA) is 85.1 Å². The SMILES string of the molecule is NCc1ccc(-c2ncc(OCC3CCNCC3)nc2-c2ccc(C3CCNCC3)cc2)cc1. The van der Waals surface area contributed by atoms with E-state index in [2.05, 4.69) is 59.2 Å². The molecule has 178 valence electrons. The summed E-state index contributed by atoms with van der Waals surface area (Å²) in [7, 11) is 0. The zero-order chi connectivity index (χ0) is 23.2. The van der Waals surface area contributed by atoms with Crippen molar-refractivity contribution in [2.75, 3.05) is 32.8 Å². The van der Waals surface area contributed by atoms with Gasteiger partial charge in [-0.05, 0) is 74.8 Å². The summed E-state index contributed by atoms with van der Waals surface area (Å²) in [5, 5.41) is 6.86. The molecule has 1 aromatic heterocycles. The smallest absolute Gasteiger partial charge is 0.232 e. The number of nitrogens with one attached hydrogen (secondary N) is 2. The molecule has 2 saturated heterocycles. The van der Waals surface area contributed by atoms with Gasteiger partial charge in [0.05, 0.1) is 18.5 Å². The van der Waals surface area contributed by atoms with Crippen LogP contribution < -0.4 is 21.1 Å². The summed E-state index contributed by atoms with van der Waals surface area (Å²) >= 11 is 0. The van der Waals surface area contributed by atoms with Crippen LogP contribution in [-0.2, 0) is 6.54 Å². The van der Waals surface area contributed by atoms with Crippen LogP contribution in [0.5, 0.6) is 5.88 Å². The fraction of sp³-hybridized carbons (Fsp3) is 0.429. The number of ether oxygens (including phenoxy) is 1. The number of benzene rings is 2. The van der Waals surface area contributed by atoms with Gasteiger partial charge in [-0.15, -0.1) is 0 Å². The molecule has 2 aromatic carbocycles. The standard InChI is InChI=1S/C28H35N5O/c29-17-20-1-3-24(4-2-20)27-28(25-7-5-22(6-8-25)23-11-15-31-16-12-23)33-26(18-32-27)34-19-21-9-13-30-14-10-21/h1-8,18,21,23,30-31H,9-17,19,29H2. The zero-order valence-corrected chi connectivity index (χ0v) is 19.8. The van der Waals surface area contributed by atoms with Gasteiger partial charge in [-0.1, -0.05) is 48.5 Å². The van der Waals surface area contributed by atoms with Crippen molar-refractivity contribution in [2.24, 2.45) is 11.7 Å². The molecule has 34 heavy (non-hydrogen) atoms. The Balaban J connectivity index is 1.43. The van der Waals surface area contributed by atoms with Crippen LogP contribution >= 0.6 is 0 Å². The van der Waals surface area contributed by atoms with Gasteiger partial charge in [0, 0.05) is 17.7 Å². The summed E-state index contributed by atoms with van der Waals surface area (Å²) in [6.45, 7) is 5.53. The van der Waals surface area contributed by atoms with E-state index in [0.29, 0.717) is 30.9 Å². The molecule has 0 aliphatic carbocycles. The molecule has 0 amide bonds. The first-order chi connectivity index (χ1) is 16.8. The summed E-state index contributed by atoms with van der Waals surface area (Å²) < 4.78 is 6.13. The van der Waals surface area contributed by atoms with Crippen LogP contribution in [0.3, 0.4) is 0 Å². The summed E-state index contributed by atoms with van der Waals surface area (Å²) in [5.41, 5.74) is 12.1. The molecular weight excluding hydrogens is 422 g/mol. The second-order valence-electron chi connectivity index (χ2n) is 9.46. The first-order valence-electron chi connectivity index (χ1n) is 12.6. The minimum atomic E-state index is 0.528. The molecule has 6 nitrogen and oxygen atoms in total. The molecule has 0 saturated carbocycles. The third-order valence-corrected chi connectivity index (χ3v) is 7.13. The van der Waals surface area contributed by atoms with Crippen molar-refractivity contribution in [3.8, 4) is 28.4 Å². The fourth-order valence-corrected chi connectivity index (χ4v) is 4.97. The quantitative estimate of drug-likeness (QED) is 0.495. The van der Waals surface area contributed by atoms with Gasteiger partial charge in [-0.2, -0.15) is 0 Å². The maximum Gasteiger partial charge on any atom is 0.232 e. The number of hydrogen-bond acceptors (Lipinski definition) is 6. The Bertz CT molecular complexity index is 1060. The van der Waals surface area contributed by atoms with Crippen molar-refractivity contribution in [1.29, 1.82) is 0 Å². The predicted octanol–water partition coefficient (Wildman–Crippen LogP) is 4.11. The Morgan fingerprint density at radius 2 is 1.41 bits per heavy atom. The first-order valence-corrected chi connectivity index (χ1v) is 12.6. The lowest BCUT2D eigenvalue weighted by Gasteiger charge is -2.23. The van der Waals surface area contributed by atoms with E-state index in [1.807, 2.05) is 0 Å². The van der Waals surface area contributed by atoms with Gasteiger partial charge in [-0.3, -0.25) is 0 Å². The number of piperidine rings is 2. The summed E-state index contributed by atoms with van der Waals surface area (Å²) in [6.07, 6.45) is 6.43. The molecule has 0 atom stereocenters. The Morgan fingerprint density at radius 1 is 0.794 bits per heavy atom. The van der Waals surface area contributed by atoms with Gasteiger partial charge in [0.25, 0.3) is 0 Å². The van der Waals surface area contributed by atoms with E-state index in [1.165, 1.54) is 18.4 Å². The zero-order valence-electron chi connectivity index (χ0n) is 19.8. The maximum atomic E-state index is 6.13. The third kappa shape index (κ3) is 5.46. The fourth-order valence-electron chi connectivity index (χ4n) is 4.97. The van der Waals surface area contributed by atoms with E-state index in [9.17, 15) is 0 Å². The molecule has 2 aliphatic heterocycles. The van der Waals surface area contributed by atoms with Crippen LogP contribution in [-0.4, -0.2) is 42.8 Å². The van der Waals surface area contributed by atoms with Crippen molar-refractivity contribution in [3.63, 3.8) is 0 Å². The van der Waals surface area contributed by atoms with Crippen molar-refractivity contribution >= 4 is 0 Å². The van der Waals surface area contributed by atoms with Crippen molar-refractivity contribution in [1.82, 2.24) is 20.6 Å². The number of nitrogens with two attached hydrogens (primary N) is 1. The Hall–Kier alpha value is -2.80. The molecule has 5 rings (SSSR count). The van der Waals surface area contributed by atoms with Crippen LogP contribution in [0.1, 0.15) is 42.7 Å². The van der Waals surface area contributed by atoms with Crippen molar-refractivity contribution in [3.05, 3.63) is 65.9 Å². The Kier molecular flexibility index (Phi) is 7.49. The van der Waals surface area contributed by atoms with Gasteiger partial charge >= 0.3 is 0 Å². The molecular formula is C28H35N5O. The lowest BCUT2D eigenvalue weighted by molar-refractivity contribution is 0.208. The second kappa shape index (κ2) is 11.1. The lowest BCUT2D eigenvalue weighted by Crippen LogP contribution is -2.30. The third-order valence-electron chi connectivity index (χ3n) is 7.13. The van der Waals surface area contributed by atoms with E-state index in [1.54, 1.807) is 6.20 Å². The predicted molar refractivity (Wildman–Crippen MR) is 137 cm³/mol. The van der Waals surface area contributed by atoms with Gasteiger partial charge < -0.3 is 21.1 Å². The monoisotopic (exact) mass is 457 g/mol. The van der Waals surface area contributed by atoms with E-state index >= 15 is 0 Å². The highest BCUT2D eigenvalue weighted by Gasteiger charge is 2.18. The minimum absolute atomic E-state index is 0.528. The highest BCUT2D eigenvalue weighted by molar-refractivity contribution is 5.78. The van der Waals surface area contributed by atoms with Crippen LogP contribution in [0.2, 0.25) is 0 Å². The van der Waals surface area contributed by atoms with Crippen molar-refractivity contribution in [2.45, 2.75) is 38.1 Å². The maximum absolute atomic E-state index is 6.13. The van der Waals surface area contributed by atoms with E-state index in [4.69, 9.17) is 20.4 Å². The van der Waals surface area contributed by atoms with Crippen LogP contribution in [0, 0.1) is 5.92 Å². The van der Waals surface area contributed by atoms with Gasteiger partial charge in [0.2, 0.25) is 5.88 Å². The first kappa shape index (κ1) is 23.0. The summed E-state index contributed by atoms with van der Waals surface area (Å²) in [6, 6.07) is 17.2. The van der Waals surface area contributed by atoms with Gasteiger partial charge in [0.1, 0.15) is 5.69 Å². The number of aromatic nitrogens is 2. The molecule has 3 heterocycles. The van der Waals surface area contributed by atoms with Gasteiger partial charge in [-0.25, -0.2) is 9.97 Å². The summed E-state index contributed by atoms with van der Waals surface area (Å²) in [4.78, 5) is 9.77. The summed E-state index contributed by atoms with van der Waals surface area (Å²) in [5.74, 6) is 1.79. The van der Waals surface area contributed by atoms with Crippen LogP contribution in [0.25, 0.3) is 22.5 Å². The molecule has 0 bridgehead atoms. The van der Waals surface area contributed by atoms with Crippen molar-refractivity contribution < 1.29 is 4.74 Å². The molecule has 4 N–H and O–H groups in total. The molecule has 3 aromatic rings. The average Bonchev–Trinajstić information content (AvgIpc) is 2.93. The van der Waals surface area contributed by atoms with Gasteiger partial charge in [0.15, 0.2) is 0 Å². The highest BCUT2D eigenvalue weighted by Crippen LogP contribution is 2.33. The molecule has 6 heteroatoms. The van der Waals surface area contributed by atoms with E-state index in [-0.39, 0.29) is 0 Å². The minimum Gasteiger partial charge on any atom is -0.476 e.